The highest BCUT2D eigenvalue weighted by Gasteiger charge is 2.58. The van der Waals surface area contributed by atoms with Gasteiger partial charge in [-0.05, 0) is 60.9 Å². The van der Waals surface area contributed by atoms with Gasteiger partial charge in [0.15, 0.2) is 12.4 Å². The van der Waals surface area contributed by atoms with E-state index < -0.39 is 99.2 Å². The Morgan fingerprint density at radius 2 is 1.58 bits per heavy atom. The third kappa shape index (κ3) is 10.1. The largest absolute Gasteiger partial charge is 0.606 e. The summed E-state index contributed by atoms with van der Waals surface area (Å²) in [5.41, 5.74) is 3.96. The Labute approximate surface area is 396 Å². The topological polar surface area (TPSA) is 274 Å². The molecule has 3 N–H and O–H groups in total. The number of hydrogen-bond acceptors (Lipinski definition) is 18. The zero-order chi connectivity index (χ0) is 49.1. The lowest BCUT2D eigenvalue weighted by atomic mass is 9.80. The van der Waals surface area contributed by atoms with E-state index in [0.29, 0.717) is 28.2 Å². The van der Waals surface area contributed by atoms with Gasteiger partial charge in [0.05, 0.1) is 38.8 Å². The number of phosphoric acid groups is 1. The van der Waals surface area contributed by atoms with E-state index >= 15 is 4.89 Å². The van der Waals surface area contributed by atoms with E-state index in [1.54, 1.807) is 48.5 Å². The standard InChI is InChI=1S/C47H51N6O15P/c1-28(54)11-20-40(55)65-35-25-38-52-23-21-34(50-44(52)57)41-46(2,49)43(56)51-45(58)53(41)39-26-36(68-69(59,62-24-8-22-48)63-27-37(35)64-38)42(66-39)67-47(29-9-6-5-7-10-29,30-12-16-32(60-3)17-13-30)31-14-18-33(61-4)19-15-31/h5-7,9-10,12-19,21,23,35-39,41-42H,8,11,20,24-27,49H2,1-4H3,(H,51,56,58)/t35-,36-,37+,38+,39+,41-,42-,46+,69?/m0/s1. The van der Waals surface area contributed by atoms with Crippen LogP contribution in [-0.2, 0) is 52.5 Å². The molecule has 0 radical (unpaired) electrons. The van der Waals surface area contributed by atoms with E-state index in [1.165, 1.54) is 40.3 Å². The number of amides is 3. The number of benzene rings is 3. The van der Waals surface area contributed by atoms with Gasteiger partial charge in [0.1, 0.15) is 72.3 Å². The molecule has 5 aliphatic heterocycles. The molecule has 0 spiro atoms. The van der Waals surface area contributed by atoms with Crippen molar-refractivity contribution < 1.29 is 66.1 Å². The fourth-order valence-corrected chi connectivity index (χ4v) is 10.2. The first kappa shape index (κ1) is 49.2. The molecule has 1 aromatic heterocycles. The van der Waals surface area contributed by atoms with E-state index in [-0.39, 0.29) is 43.6 Å². The fraction of sp³-hybridized carbons (Fsp3) is 0.426. The van der Waals surface area contributed by atoms with Gasteiger partial charge in [-0.1, -0.05) is 54.6 Å². The van der Waals surface area contributed by atoms with Gasteiger partial charge in [0.25, 0.3) is 0 Å². The summed E-state index contributed by atoms with van der Waals surface area (Å²) in [4.78, 5) is 87.2. The first-order valence-corrected chi connectivity index (χ1v) is 23.5. The average Bonchev–Trinajstić information content (AvgIpc) is 3.92. The Balaban J connectivity index is 1.29. The minimum absolute atomic E-state index is 0.0901. The quantitative estimate of drug-likeness (QED) is 0.0790. The lowest BCUT2D eigenvalue weighted by molar-refractivity contribution is -0.270. The normalized spacial score (nSPS) is 27.8. The van der Waals surface area contributed by atoms with E-state index in [4.69, 9.17) is 47.7 Å². The van der Waals surface area contributed by atoms with Gasteiger partial charge in [-0.15, -0.1) is 0 Å². The highest BCUT2D eigenvalue weighted by molar-refractivity contribution is 7.54. The van der Waals surface area contributed by atoms with Crippen LogP contribution in [0.25, 0.3) is 0 Å². The van der Waals surface area contributed by atoms with Crippen molar-refractivity contribution in [2.24, 2.45) is 5.73 Å². The van der Waals surface area contributed by atoms with Crippen molar-refractivity contribution in [2.45, 2.75) is 100 Å². The number of nitrogens with zero attached hydrogens (tertiary/aromatic N) is 4. The van der Waals surface area contributed by atoms with Gasteiger partial charge in [-0.2, -0.15) is 23.8 Å². The van der Waals surface area contributed by atoms with Gasteiger partial charge < -0.3 is 43.8 Å². The summed E-state index contributed by atoms with van der Waals surface area (Å²) in [6.07, 6.45) is -7.67. The molecular weight excluding hydrogens is 920 g/mol. The van der Waals surface area contributed by atoms with Gasteiger partial charge in [-0.25, -0.2) is 9.59 Å². The zero-order valence-electron chi connectivity index (χ0n) is 38.1. The number of Topliss-reactive ketones (excluding diaryl/α,β-unsaturated/α-hetero) is 1. The number of ketones is 1. The number of nitriles is 1. The number of urea groups is 1. The molecule has 0 saturated carbocycles. The zero-order valence-corrected chi connectivity index (χ0v) is 39.0. The van der Waals surface area contributed by atoms with Crippen molar-refractivity contribution in [3.63, 3.8) is 0 Å². The Kier molecular flexibility index (Phi) is 14.6. The summed E-state index contributed by atoms with van der Waals surface area (Å²) in [5.74, 6) is -0.783. The molecule has 364 valence electrons. The Morgan fingerprint density at radius 1 is 0.928 bits per heavy atom. The summed E-state index contributed by atoms with van der Waals surface area (Å²) in [7, 11) is -1.82. The molecular formula is C47H51N6O15P. The fourth-order valence-electron chi connectivity index (χ4n) is 8.84. The molecule has 69 heavy (non-hydrogen) atoms. The maximum atomic E-state index is 15.2. The second kappa shape index (κ2) is 20.4. The summed E-state index contributed by atoms with van der Waals surface area (Å²) in [5, 5.41) is 11.8. The molecule has 1 unspecified atom stereocenters. The van der Waals surface area contributed by atoms with Crippen molar-refractivity contribution in [3.05, 3.63) is 124 Å². The number of hydrogen-bond donors (Lipinski definition) is 2. The van der Waals surface area contributed by atoms with E-state index in [0.717, 1.165) is 9.47 Å². The lowest BCUT2D eigenvalue weighted by Gasteiger charge is -2.46. The van der Waals surface area contributed by atoms with E-state index in [1.807, 2.05) is 36.4 Å². The number of nitrogens with one attached hydrogen (secondary N) is 1. The molecule has 0 aliphatic carbocycles. The van der Waals surface area contributed by atoms with Crippen LogP contribution < -0.4 is 31.1 Å². The molecule has 3 amide bonds. The number of ether oxygens (including phenoxy) is 6. The Hall–Kier alpha value is -6.18. The Bertz CT molecular complexity index is 2580. The molecule has 9 rings (SSSR count). The van der Waals surface area contributed by atoms with Gasteiger partial charge in [0.2, 0.25) is 5.91 Å². The Morgan fingerprint density at radius 3 is 2.19 bits per heavy atom. The highest BCUT2D eigenvalue weighted by Crippen LogP contribution is 2.58. The van der Waals surface area contributed by atoms with Crippen LogP contribution in [0.2, 0.25) is 0 Å². The molecule has 3 aromatic carbocycles. The molecule has 6 heterocycles. The molecule has 5 aliphatic rings. The smallest absolute Gasteiger partial charge is 0.380 e. The maximum absolute atomic E-state index is 15.2. The average molecular weight is 971 g/mol. The van der Waals surface area contributed by atoms with Crippen LogP contribution in [0.4, 0.5) is 4.79 Å². The first-order chi connectivity index (χ1) is 33.1. The van der Waals surface area contributed by atoms with E-state index in [2.05, 4.69) is 10.3 Å². The number of aromatic nitrogens is 2. The minimum Gasteiger partial charge on any atom is -0.606 e. The lowest BCUT2D eigenvalue weighted by Crippen LogP contribution is -2.70. The number of fused-ring (bicyclic) bond motifs is 5. The van der Waals surface area contributed by atoms with Crippen molar-refractivity contribution in [3.8, 4) is 17.6 Å². The van der Waals surface area contributed by atoms with Gasteiger partial charge in [-0.3, -0.25) is 24.4 Å². The molecule has 6 bridgehead atoms. The SMILES string of the molecule is COc1ccc(C(O[C@@H]2O[C@@H]3C[C@@H]2O[P+]([O-])(OCCC#N)OC[C@H]2O[C@H](C[C@@H]2OC(=O)CCC(C)=O)n2ccc(nc2=O)[C@@H]2N3C(=O)NC(=O)[C@]2(C)N)(c2ccccc2)c2ccc(OC)cc2)cc1. The van der Waals surface area contributed by atoms with Crippen LogP contribution in [0, 0.1) is 11.3 Å². The summed E-state index contributed by atoms with van der Waals surface area (Å²) in [6, 6.07) is 24.2. The van der Waals surface area contributed by atoms with Crippen molar-refractivity contribution in [1.29, 1.82) is 5.26 Å². The first-order valence-electron chi connectivity index (χ1n) is 22.1. The predicted octanol–water partition coefficient (Wildman–Crippen LogP) is 3.60. The monoisotopic (exact) mass is 970 g/mol. The van der Waals surface area contributed by atoms with E-state index in [9.17, 15) is 29.2 Å². The van der Waals surface area contributed by atoms with Crippen molar-refractivity contribution >= 4 is 31.9 Å². The summed E-state index contributed by atoms with van der Waals surface area (Å²) in [6.45, 7) is 1.65. The molecule has 4 aromatic rings. The maximum Gasteiger partial charge on any atom is 0.380 e. The number of carbonyl (C=O) groups excluding carboxylic acids is 4. The number of esters is 1. The summed E-state index contributed by atoms with van der Waals surface area (Å²) < 4.78 is 56.4. The number of rotatable bonds is 14. The van der Waals surface area contributed by atoms with Gasteiger partial charge in [0, 0.05) is 25.5 Å². The van der Waals surface area contributed by atoms with Gasteiger partial charge >= 0.3 is 25.9 Å². The van der Waals surface area contributed by atoms with Crippen molar-refractivity contribution in [1.82, 2.24) is 19.8 Å². The second-order valence-corrected chi connectivity index (χ2v) is 18.6. The second-order valence-electron chi connectivity index (χ2n) is 16.9. The third-order valence-corrected chi connectivity index (χ3v) is 13.8. The van der Waals surface area contributed by atoms with Crippen LogP contribution in [0.15, 0.2) is 95.9 Å². The molecule has 21 nitrogen and oxygen atoms in total. The molecule has 9 atom stereocenters. The van der Waals surface area contributed by atoms with Crippen LogP contribution in [-0.4, -0.2) is 102 Å². The molecule has 22 heteroatoms. The number of imide groups is 1. The van der Waals surface area contributed by atoms with Crippen LogP contribution in [0.5, 0.6) is 11.5 Å². The number of carbonyl (C=O) groups is 4. The predicted molar refractivity (Wildman–Crippen MR) is 238 cm³/mol. The van der Waals surface area contributed by atoms with Crippen LogP contribution in [0.3, 0.4) is 0 Å². The molecule has 3 saturated heterocycles. The van der Waals surface area contributed by atoms with Crippen LogP contribution in [0.1, 0.15) is 80.6 Å². The third-order valence-electron chi connectivity index (χ3n) is 12.3. The highest BCUT2D eigenvalue weighted by atomic mass is 31.2. The van der Waals surface area contributed by atoms with Crippen molar-refractivity contribution in [2.75, 3.05) is 27.4 Å². The molecule has 3 fully saturated rings. The summed E-state index contributed by atoms with van der Waals surface area (Å²) >= 11 is 0. The number of nitrogens with two attached hydrogens (primary N) is 1. The number of methoxy groups -OCH3 is 2. The number of phosphoric ester groups is 1. The van der Waals surface area contributed by atoms with Crippen LogP contribution >= 0.6 is 8.17 Å². The minimum atomic E-state index is -4.88.